The fourth-order valence-corrected chi connectivity index (χ4v) is 4.28. The molecule has 2 bridgehead atoms. The molecule has 1 aromatic rings. The molecule has 1 nitrogen and oxygen atoms in total. The summed E-state index contributed by atoms with van der Waals surface area (Å²) in [4.78, 5) is 0. The maximum atomic E-state index is 13.3. The van der Waals surface area contributed by atoms with E-state index < -0.39 is 11.6 Å². The Morgan fingerprint density at radius 2 is 2.05 bits per heavy atom. The Kier molecular flexibility index (Phi) is 4.06. The van der Waals surface area contributed by atoms with Gasteiger partial charge in [-0.15, -0.1) is 0 Å². The fourth-order valence-electron chi connectivity index (χ4n) is 4.28. The van der Waals surface area contributed by atoms with Crippen LogP contribution in [0.25, 0.3) is 0 Å². The second kappa shape index (κ2) is 5.80. The second-order valence-electron chi connectivity index (χ2n) is 6.61. The minimum absolute atomic E-state index is 0.365. The smallest absolute Gasteiger partial charge is 0.159 e. The topological polar surface area (TPSA) is 12.0 Å². The van der Waals surface area contributed by atoms with Crippen molar-refractivity contribution in [1.29, 1.82) is 0 Å². The maximum absolute atomic E-state index is 13.3. The third kappa shape index (κ3) is 2.88. The SMILES string of the molecule is CNC(Cc1ccc(F)c(F)c1)CC1CC2CCC1C2. The van der Waals surface area contributed by atoms with E-state index in [2.05, 4.69) is 5.32 Å². The van der Waals surface area contributed by atoms with Gasteiger partial charge in [0, 0.05) is 6.04 Å². The van der Waals surface area contributed by atoms with E-state index in [0.29, 0.717) is 6.04 Å². The molecule has 0 amide bonds. The quantitative estimate of drug-likeness (QED) is 0.861. The molecular weight excluding hydrogens is 256 g/mol. The molecule has 0 aliphatic heterocycles. The average Bonchev–Trinajstić information content (AvgIpc) is 3.04. The van der Waals surface area contributed by atoms with Crippen molar-refractivity contribution in [3.63, 3.8) is 0 Å². The minimum Gasteiger partial charge on any atom is -0.317 e. The summed E-state index contributed by atoms with van der Waals surface area (Å²) in [6.45, 7) is 0. The molecule has 3 heteroatoms. The number of hydrogen-bond donors (Lipinski definition) is 1. The lowest BCUT2D eigenvalue weighted by atomic mass is 9.83. The fraction of sp³-hybridized carbons (Fsp3) is 0.647. The summed E-state index contributed by atoms with van der Waals surface area (Å²) in [5.41, 5.74) is 0.881. The summed E-state index contributed by atoms with van der Waals surface area (Å²) in [5, 5.41) is 3.35. The Hall–Kier alpha value is -0.960. The zero-order valence-electron chi connectivity index (χ0n) is 12.0. The lowest BCUT2D eigenvalue weighted by Gasteiger charge is -2.26. The number of hydrogen-bond acceptors (Lipinski definition) is 1. The minimum atomic E-state index is -0.761. The van der Waals surface area contributed by atoms with E-state index in [1.54, 1.807) is 6.07 Å². The van der Waals surface area contributed by atoms with Crippen LogP contribution in [0.5, 0.6) is 0 Å². The molecule has 0 aromatic heterocycles. The van der Waals surface area contributed by atoms with Gasteiger partial charge in [-0.05, 0) is 74.6 Å². The van der Waals surface area contributed by atoms with Crippen molar-refractivity contribution in [3.8, 4) is 0 Å². The molecule has 20 heavy (non-hydrogen) atoms. The summed E-state index contributed by atoms with van der Waals surface area (Å²) in [7, 11) is 1.97. The summed E-state index contributed by atoms with van der Waals surface area (Å²) in [6, 6.07) is 4.63. The molecule has 1 N–H and O–H groups in total. The molecule has 110 valence electrons. The van der Waals surface area contributed by atoms with Crippen LogP contribution >= 0.6 is 0 Å². The van der Waals surface area contributed by atoms with Crippen LogP contribution in [0.2, 0.25) is 0 Å². The van der Waals surface area contributed by atoms with Crippen molar-refractivity contribution in [2.24, 2.45) is 17.8 Å². The number of likely N-dealkylation sites (N-methyl/N-ethyl adjacent to an activating group) is 1. The van der Waals surface area contributed by atoms with Crippen molar-refractivity contribution in [1.82, 2.24) is 5.32 Å². The average molecular weight is 279 g/mol. The summed E-state index contributed by atoms with van der Waals surface area (Å²) in [6.07, 6.45) is 7.57. The van der Waals surface area contributed by atoms with Gasteiger partial charge in [-0.2, -0.15) is 0 Å². The van der Waals surface area contributed by atoms with Crippen molar-refractivity contribution in [2.45, 2.75) is 44.6 Å². The summed E-state index contributed by atoms with van der Waals surface area (Å²) in [5.74, 6) is 1.21. The molecule has 0 heterocycles. The predicted octanol–water partition coefficient (Wildman–Crippen LogP) is 3.92. The van der Waals surface area contributed by atoms with Gasteiger partial charge in [-0.3, -0.25) is 0 Å². The molecule has 2 aliphatic rings. The Labute approximate surface area is 119 Å². The highest BCUT2D eigenvalue weighted by Gasteiger charge is 2.39. The first-order valence-corrected chi connectivity index (χ1v) is 7.77. The van der Waals surface area contributed by atoms with Gasteiger partial charge in [-0.1, -0.05) is 12.5 Å². The van der Waals surface area contributed by atoms with Crippen molar-refractivity contribution in [2.75, 3.05) is 7.05 Å². The Morgan fingerprint density at radius 3 is 2.65 bits per heavy atom. The van der Waals surface area contributed by atoms with E-state index in [9.17, 15) is 8.78 Å². The van der Waals surface area contributed by atoms with Crippen LogP contribution in [-0.4, -0.2) is 13.1 Å². The molecule has 4 unspecified atom stereocenters. The molecule has 3 rings (SSSR count). The van der Waals surface area contributed by atoms with Crippen LogP contribution in [0, 0.1) is 29.4 Å². The molecule has 2 saturated carbocycles. The molecule has 0 saturated heterocycles. The van der Waals surface area contributed by atoms with Crippen LogP contribution in [0.3, 0.4) is 0 Å². The number of rotatable bonds is 5. The van der Waals surface area contributed by atoms with Crippen LogP contribution < -0.4 is 5.32 Å². The van der Waals surface area contributed by atoms with Crippen molar-refractivity contribution >= 4 is 0 Å². The molecule has 4 atom stereocenters. The number of fused-ring (bicyclic) bond motifs is 2. The molecule has 1 aromatic carbocycles. The van der Waals surface area contributed by atoms with Gasteiger partial charge >= 0.3 is 0 Å². The van der Waals surface area contributed by atoms with Gasteiger partial charge in [0.2, 0.25) is 0 Å². The van der Waals surface area contributed by atoms with E-state index in [-0.39, 0.29) is 0 Å². The third-order valence-corrected chi connectivity index (χ3v) is 5.35. The number of benzene rings is 1. The number of nitrogens with one attached hydrogen (secondary N) is 1. The molecule has 0 radical (unpaired) electrons. The molecule has 2 fully saturated rings. The van der Waals surface area contributed by atoms with Crippen LogP contribution in [-0.2, 0) is 6.42 Å². The first-order valence-electron chi connectivity index (χ1n) is 7.77. The number of halogens is 2. The van der Waals surface area contributed by atoms with E-state index in [4.69, 9.17) is 0 Å². The highest BCUT2D eigenvalue weighted by molar-refractivity contribution is 5.19. The molecule has 2 aliphatic carbocycles. The Morgan fingerprint density at radius 1 is 1.20 bits per heavy atom. The van der Waals surface area contributed by atoms with Gasteiger partial charge in [0.05, 0.1) is 0 Å². The maximum Gasteiger partial charge on any atom is 0.159 e. The molecular formula is C17H23F2N. The van der Waals surface area contributed by atoms with Gasteiger partial charge in [0.15, 0.2) is 11.6 Å². The van der Waals surface area contributed by atoms with Gasteiger partial charge in [-0.25, -0.2) is 8.78 Å². The van der Waals surface area contributed by atoms with E-state index in [1.165, 1.54) is 37.8 Å². The van der Waals surface area contributed by atoms with Crippen LogP contribution in [0.15, 0.2) is 18.2 Å². The predicted molar refractivity (Wildman–Crippen MR) is 76.5 cm³/mol. The standard InChI is InChI=1S/C17H23F2N/c1-20-15(8-12-3-5-16(18)17(19)9-12)10-14-7-11-2-4-13(14)6-11/h3,5,9,11,13-15,20H,2,4,6-8,10H2,1H3. The van der Waals surface area contributed by atoms with Gasteiger partial charge in [0.25, 0.3) is 0 Å². The van der Waals surface area contributed by atoms with Crippen LogP contribution in [0.4, 0.5) is 8.78 Å². The van der Waals surface area contributed by atoms with Crippen molar-refractivity contribution < 1.29 is 8.78 Å². The first kappa shape index (κ1) is 14.0. The van der Waals surface area contributed by atoms with Gasteiger partial charge < -0.3 is 5.32 Å². The molecule has 0 spiro atoms. The van der Waals surface area contributed by atoms with Gasteiger partial charge in [0.1, 0.15) is 0 Å². The Balaban J connectivity index is 1.60. The highest BCUT2D eigenvalue weighted by atomic mass is 19.2. The largest absolute Gasteiger partial charge is 0.317 e. The highest BCUT2D eigenvalue weighted by Crippen LogP contribution is 2.49. The van der Waals surface area contributed by atoms with E-state index in [0.717, 1.165) is 36.2 Å². The monoisotopic (exact) mass is 279 g/mol. The first-order chi connectivity index (χ1) is 9.65. The lowest BCUT2D eigenvalue weighted by Crippen LogP contribution is -2.31. The summed E-state index contributed by atoms with van der Waals surface area (Å²) >= 11 is 0. The van der Waals surface area contributed by atoms with E-state index >= 15 is 0 Å². The normalized spacial score (nSPS) is 29.9. The Bertz CT molecular complexity index is 474. The van der Waals surface area contributed by atoms with E-state index in [1.807, 2.05) is 7.05 Å². The van der Waals surface area contributed by atoms with Crippen molar-refractivity contribution in [3.05, 3.63) is 35.4 Å². The summed E-state index contributed by atoms with van der Waals surface area (Å²) < 4.78 is 26.2. The zero-order chi connectivity index (χ0) is 14.1. The third-order valence-electron chi connectivity index (χ3n) is 5.35. The zero-order valence-corrected chi connectivity index (χ0v) is 12.0. The van der Waals surface area contributed by atoms with Crippen LogP contribution in [0.1, 0.15) is 37.7 Å². The second-order valence-corrected chi connectivity index (χ2v) is 6.61. The lowest BCUT2D eigenvalue weighted by molar-refractivity contribution is 0.281.